The fourth-order valence-electron chi connectivity index (χ4n) is 2.00. The van der Waals surface area contributed by atoms with Crippen LogP contribution < -0.4 is 5.32 Å². The van der Waals surface area contributed by atoms with Crippen molar-refractivity contribution in [3.05, 3.63) is 23.4 Å². The van der Waals surface area contributed by atoms with E-state index in [1.807, 2.05) is 26.8 Å². The molecular formula is C16H24N4O. The zero-order chi connectivity index (χ0) is 16.0. The highest BCUT2D eigenvalue weighted by Gasteiger charge is 2.17. The molecule has 1 amide bonds. The van der Waals surface area contributed by atoms with Crippen LogP contribution in [-0.4, -0.2) is 35.9 Å². The van der Waals surface area contributed by atoms with Crippen LogP contribution in [0.2, 0.25) is 0 Å². The van der Waals surface area contributed by atoms with Gasteiger partial charge in [-0.15, -0.1) is 0 Å². The summed E-state index contributed by atoms with van der Waals surface area (Å²) in [6.07, 6.45) is 0. The van der Waals surface area contributed by atoms with Gasteiger partial charge in [-0.25, -0.2) is 4.98 Å². The second-order valence-corrected chi connectivity index (χ2v) is 5.57. The third-order valence-corrected chi connectivity index (χ3v) is 3.16. The van der Waals surface area contributed by atoms with Crippen LogP contribution in [0, 0.1) is 17.2 Å². The van der Waals surface area contributed by atoms with Crippen molar-refractivity contribution in [2.45, 2.75) is 33.6 Å². The highest BCUT2D eigenvalue weighted by molar-refractivity contribution is 5.95. The molecule has 0 saturated heterocycles. The van der Waals surface area contributed by atoms with Gasteiger partial charge in [0.25, 0.3) is 5.91 Å². The van der Waals surface area contributed by atoms with Crippen LogP contribution in [0.4, 0.5) is 5.82 Å². The molecule has 1 rings (SSSR count). The number of nitrogens with zero attached hydrogens (tertiary/aromatic N) is 3. The predicted octanol–water partition coefficient (Wildman–Crippen LogP) is 2.87. The molecule has 0 aliphatic rings. The van der Waals surface area contributed by atoms with E-state index in [1.165, 1.54) is 0 Å². The lowest BCUT2D eigenvalue weighted by atomic mass is 10.1. The Morgan fingerprint density at radius 1 is 1.43 bits per heavy atom. The summed E-state index contributed by atoms with van der Waals surface area (Å²) in [7, 11) is 1.72. The predicted molar refractivity (Wildman–Crippen MR) is 84.2 cm³/mol. The second kappa shape index (κ2) is 7.63. The van der Waals surface area contributed by atoms with Crippen LogP contribution in [0.3, 0.4) is 0 Å². The van der Waals surface area contributed by atoms with Gasteiger partial charge in [-0.2, -0.15) is 5.26 Å². The number of hydrogen-bond acceptors (Lipinski definition) is 4. The lowest BCUT2D eigenvalue weighted by Gasteiger charge is -2.19. The minimum Gasteiger partial charge on any atom is -0.370 e. The molecule has 0 aliphatic carbocycles. The Bertz CT molecular complexity index is 534. The van der Waals surface area contributed by atoms with Crippen molar-refractivity contribution in [1.29, 1.82) is 5.26 Å². The van der Waals surface area contributed by atoms with Crippen LogP contribution in [0.15, 0.2) is 12.1 Å². The monoisotopic (exact) mass is 288 g/mol. The number of carbonyl (C=O) groups excluding carboxylic acids is 1. The van der Waals surface area contributed by atoms with Gasteiger partial charge in [0.15, 0.2) is 0 Å². The molecule has 0 spiro atoms. The number of aromatic nitrogens is 1. The van der Waals surface area contributed by atoms with Crippen molar-refractivity contribution in [3.63, 3.8) is 0 Å². The first-order chi connectivity index (χ1) is 9.88. The summed E-state index contributed by atoms with van der Waals surface area (Å²) in [4.78, 5) is 18.6. The Morgan fingerprint density at radius 3 is 2.62 bits per heavy atom. The smallest absolute Gasteiger partial charge is 0.253 e. The molecule has 0 radical (unpaired) electrons. The lowest BCUT2D eigenvalue weighted by Crippen LogP contribution is -2.31. The standard InChI is InChI=1S/C16H24N4O/c1-6-18-15-8-13(7-14(19-15)11(2)3)16(21)20(5)10-12(4)9-17/h7-8,11-12H,6,10H2,1-5H3,(H,18,19). The summed E-state index contributed by atoms with van der Waals surface area (Å²) in [5.74, 6) is 0.700. The van der Waals surface area contributed by atoms with Crippen LogP contribution in [0.25, 0.3) is 0 Å². The number of anilines is 1. The molecular weight excluding hydrogens is 264 g/mol. The molecule has 1 aromatic rings. The van der Waals surface area contributed by atoms with Crippen LogP contribution in [0.5, 0.6) is 0 Å². The normalized spacial score (nSPS) is 11.9. The van der Waals surface area contributed by atoms with Crippen molar-refractivity contribution < 1.29 is 4.79 Å². The number of nitriles is 1. The van der Waals surface area contributed by atoms with Gasteiger partial charge in [0.1, 0.15) is 5.82 Å². The second-order valence-electron chi connectivity index (χ2n) is 5.57. The zero-order valence-corrected chi connectivity index (χ0v) is 13.5. The highest BCUT2D eigenvalue weighted by atomic mass is 16.2. The van der Waals surface area contributed by atoms with Gasteiger partial charge in [-0.1, -0.05) is 13.8 Å². The van der Waals surface area contributed by atoms with E-state index >= 15 is 0 Å². The third-order valence-electron chi connectivity index (χ3n) is 3.16. The molecule has 1 atom stereocenters. The number of pyridine rings is 1. The molecule has 114 valence electrons. The minimum atomic E-state index is -0.182. The largest absolute Gasteiger partial charge is 0.370 e. The molecule has 21 heavy (non-hydrogen) atoms. The summed E-state index contributed by atoms with van der Waals surface area (Å²) in [6.45, 7) is 9.07. The van der Waals surface area contributed by atoms with Gasteiger partial charge in [-0.3, -0.25) is 4.79 Å². The van der Waals surface area contributed by atoms with E-state index in [0.29, 0.717) is 17.9 Å². The van der Waals surface area contributed by atoms with Crippen molar-refractivity contribution >= 4 is 11.7 Å². The molecule has 0 aromatic carbocycles. The molecule has 1 heterocycles. The fraction of sp³-hybridized carbons (Fsp3) is 0.562. The van der Waals surface area contributed by atoms with Crippen LogP contribution in [0.1, 0.15) is 49.7 Å². The maximum atomic E-state index is 12.5. The van der Waals surface area contributed by atoms with Gasteiger partial charge in [0, 0.05) is 31.4 Å². The summed E-state index contributed by atoms with van der Waals surface area (Å²) in [6, 6.07) is 5.75. The topological polar surface area (TPSA) is 69.0 Å². The van der Waals surface area contributed by atoms with E-state index in [-0.39, 0.29) is 17.7 Å². The molecule has 5 nitrogen and oxygen atoms in total. The van der Waals surface area contributed by atoms with Crippen LogP contribution >= 0.6 is 0 Å². The minimum absolute atomic E-state index is 0.0828. The van der Waals surface area contributed by atoms with E-state index < -0.39 is 0 Å². The first-order valence-electron chi connectivity index (χ1n) is 7.30. The molecule has 0 fully saturated rings. The summed E-state index contributed by atoms with van der Waals surface area (Å²) in [5.41, 5.74) is 1.50. The Labute approximate surface area is 127 Å². The van der Waals surface area contributed by atoms with Gasteiger partial charge < -0.3 is 10.2 Å². The SMILES string of the molecule is CCNc1cc(C(=O)N(C)CC(C)C#N)cc(C(C)C)n1. The van der Waals surface area contributed by atoms with Crippen molar-refractivity contribution in [2.75, 3.05) is 25.5 Å². The molecule has 5 heteroatoms. The average Bonchev–Trinajstić information content (AvgIpc) is 2.46. The van der Waals surface area contributed by atoms with E-state index in [1.54, 1.807) is 24.9 Å². The number of amides is 1. The number of hydrogen-bond donors (Lipinski definition) is 1. The summed E-state index contributed by atoms with van der Waals surface area (Å²) in [5, 5.41) is 12.0. The molecule has 1 aromatic heterocycles. The molecule has 1 N–H and O–H groups in total. The zero-order valence-electron chi connectivity index (χ0n) is 13.5. The van der Waals surface area contributed by atoms with E-state index in [4.69, 9.17) is 5.26 Å². The Balaban J connectivity index is 3.05. The average molecular weight is 288 g/mol. The van der Waals surface area contributed by atoms with Crippen molar-refractivity contribution in [3.8, 4) is 6.07 Å². The molecule has 0 aliphatic heterocycles. The Hall–Kier alpha value is -2.09. The summed E-state index contributed by atoms with van der Waals surface area (Å²) < 4.78 is 0. The maximum absolute atomic E-state index is 12.5. The fourth-order valence-corrected chi connectivity index (χ4v) is 2.00. The number of nitrogens with one attached hydrogen (secondary N) is 1. The van der Waals surface area contributed by atoms with E-state index in [2.05, 4.69) is 16.4 Å². The first kappa shape index (κ1) is 17.0. The van der Waals surface area contributed by atoms with E-state index in [9.17, 15) is 4.79 Å². The van der Waals surface area contributed by atoms with Crippen molar-refractivity contribution in [2.24, 2.45) is 5.92 Å². The van der Waals surface area contributed by atoms with Gasteiger partial charge in [-0.05, 0) is 31.9 Å². The van der Waals surface area contributed by atoms with Gasteiger partial charge >= 0.3 is 0 Å². The molecule has 0 saturated carbocycles. The Morgan fingerprint density at radius 2 is 2.10 bits per heavy atom. The third kappa shape index (κ3) is 4.75. The molecule has 1 unspecified atom stereocenters. The van der Waals surface area contributed by atoms with Gasteiger partial charge in [0.05, 0.1) is 12.0 Å². The summed E-state index contributed by atoms with van der Waals surface area (Å²) >= 11 is 0. The Kier molecular flexibility index (Phi) is 6.16. The van der Waals surface area contributed by atoms with Crippen molar-refractivity contribution in [1.82, 2.24) is 9.88 Å². The number of carbonyl (C=O) groups is 1. The highest BCUT2D eigenvalue weighted by Crippen LogP contribution is 2.19. The van der Waals surface area contributed by atoms with E-state index in [0.717, 1.165) is 12.2 Å². The number of rotatable bonds is 6. The first-order valence-corrected chi connectivity index (χ1v) is 7.30. The van der Waals surface area contributed by atoms with Crippen LogP contribution in [-0.2, 0) is 0 Å². The maximum Gasteiger partial charge on any atom is 0.253 e. The quantitative estimate of drug-likeness (QED) is 0.874. The van der Waals surface area contributed by atoms with Gasteiger partial charge in [0.2, 0.25) is 0 Å². The molecule has 0 bridgehead atoms. The lowest BCUT2D eigenvalue weighted by molar-refractivity contribution is 0.0785.